The van der Waals surface area contributed by atoms with Crippen molar-refractivity contribution in [2.24, 2.45) is 17.1 Å². The summed E-state index contributed by atoms with van der Waals surface area (Å²) >= 11 is 0. The van der Waals surface area contributed by atoms with Crippen molar-refractivity contribution < 1.29 is 9.53 Å². The zero-order chi connectivity index (χ0) is 13.0. The number of rotatable bonds is 2. The Bertz CT molecular complexity index is 469. The van der Waals surface area contributed by atoms with Crippen molar-refractivity contribution >= 4 is 5.91 Å². The van der Waals surface area contributed by atoms with E-state index in [9.17, 15) is 4.79 Å². The van der Waals surface area contributed by atoms with Crippen molar-refractivity contribution in [2.45, 2.75) is 31.9 Å². The summed E-state index contributed by atoms with van der Waals surface area (Å²) in [5.41, 5.74) is 8.07. The van der Waals surface area contributed by atoms with Crippen LogP contribution in [0.1, 0.15) is 20.3 Å². The van der Waals surface area contributed by atoms with Crippen molar-refractivity contribution in [1.82, 2.24) is 4.68 Å². The first-order valence-corrected chi connectivity index (χ1v) is 6.33. The molecule has 1 saturated carbocycles. The number of fused-ring (bicyclic) bond motifs is 1. The summed E-state index contributed by atoms with van der Waals surface area (Å²) < 4.78 is 7.32. The maximum atomic E-state index is 12.5. The second kappa shape index (κ2) is 3.59. The summed E-state index contributed by atoms with van der Waals surface area (Å²) in [4.78, 5) is 12.5. The van der Waals surface area contributed by atoms with Gasteiger partial charge in [0.05, 0.1) is 6.10 Å². The maximum absolute atomic E-state index is 12.5. The zero-order valence-corrected chi connectivity index (χ0v) is 10.7. The summed E-state index contributed by atoms with van der Waals surface area (Å²) in [5.74, 6) is -0.00138. The smallest absolute Gasteiger partial charge is 0.259 e. The van der Waals surface area contributed by atoms with Crippen LogP contribution < -0.4 is 11.2 Å². The quantitative estimate of drug-likeness (QED) is 0.810. The number of hydrogen-bond donors (Lipinski definition) is 2. The van der Waals surface area contributed by atoms with Gasteiger partial charge in [-0.2, -0.15) is 0 Å². The minimum Gasteiger partial charge on any atom is -0.377 e. The second-order valence-corrected chi connectivity index (χ2v) is 5.81. The Morgan fingerprint density at radius 2 is 2.11 bits per heavy atom. The molecule has 18 heavy (non-hydrogen) atoms. The van der Waals surface area contributed by atoms with Gasteiger partial charge in [0.2, 0.25) is 0 Å². The standard InChI is InChI=1S/C13H19N3O2/c1-12(2)10-9(5-8-18-10)13(12,14)11(17)15-16-6-3-4-7-16/h3-4,6-7,9-10H,5,8,14H2,1-2H3,(H,15,17). The Hall–Kier alpha value is -1.33. The largest absolute Gasteiger partial charge is 0.377 e. The Balaban J connectivity index is 1.84. The highest BCUT2D eigenvalue weighted by Gasteiger charge is 2.71. The third kappa shape index (κ3) is 1.26. The molecule has 5 nitrogen and oxygen atoms in total. The topological polar surface area (TPSA) is 69.3 Å². The monoisotopic (exact) mass is 249 g/mol. The van der Waals surface area contributed by atoms with E-state index in [1.54, 1.807) is 17.1 Å². The highest BCUT2D eigenvalue weighted by molar-refractivity contribution is 5.95. The Kier molecular flexibility index (Phi) is 2.34. The molecule has 3 unspecified atom stereocenters. The lowest BCUT2D eigenvalue weighted by Crippen LogP contribution is -2.79. The van der Waals surface area contributed by atoms with E-state index in [-0.39, 0.29) is 23.3 Å². The van der Waals surface area contributed by atoms with Gasteiger partial charge in [-0.15, -0.1) is 0 Å². The van der Waals surface area contributed by atoms with Crippen LogP contribution in [0.5, 0.6) is 0 Å². The number of amides is 1. The number of nitrogens with one attached hydrogen (secondary N) is 1. The molecule has 1 saturated heterocycles. The third-order valence-electron chi connectivity index (χ3n) is 4.66. The number of nitrogens with zero attached hydrogens (tertiary/aromatic N) is 1. The molecule has 3 N–H and O–H groups in total. The molecule has 2 heterocycles. The first-order valence-electron chi connectivity index (χ1n) is 6.33. The number of nitrogens with two attached hydrogens (primary N) is 1. The molecule has 0 radical (unpaired) electrons. The van der Waals surface area contributed by atoms with Crippen molar-refractivity contribution in [1.29, 1.82) is 0 Å². The summed E-state index contributed by atoms with van der Waals surface area (Å²) in [5, 5.41) is 0. The normalized spacial score (nSPS) is 36.8. The van der Waals surface area contributed by atoms with Crippen LogP contribution >= 0.6 is 0 Å². The molecule has 0 bridgehead atoms. The molecule has 5 heteroatoms. The molecule has 1 aliphatic heterocycles. The van der Waals surface area contributed by atoms with Gasteiger partial charge in [0, 0.05) is 30.3 Å². The lowest BCUT2D eigenvalue weighted by molar-refractivity contribution is -0.171. The molecular weight excluding hydrogens is 230 g/mol. The van der Waals surface area contributed by atoms with Gasteiger partial charge in [-0.1, -0.05) is 13.8 Å². The highest BCUT2D eigenvalue weighted by atomic mass is 16.5. The van der Waals surface area contributed by atoms with Gasteiger partial charge in [-0.25, -0.2) is 0 Å². The van der Waals surface area contributed by atoms with Crippen LogP contribution in [0.3, 0.4) is 0 Å². The second-order valence-electron chi connectivity index (χ2n) is 5.81. The Morgan fingerprint density at radius 3 is 2.78 bits per heavy atom. The van der Waals surface area contributed by atoms with Crippen molar-refractivity contribution in [3.8, 4) is 0 Å². The minimum atomic E-state index is -0.849. The number of carbonyl (C=O) groups is 1. The number of carbonyl (C=O) groups excluding carboxylic acids is 1. The van der Waals surface area contributed by atoms with Crippen LogP contribution in [0, 0.1) is 11.3 Å². The van der Waals surface area contributed by atoms with E-state index in [1.807, 2.05) is 26.0 Å². The van der Waals surface area contributed by atoms with Crippen molar-refractivity contribution in [2.75, 3.05) is 12.0 Å². The Labute approximate surface area is 106 Å². The molecule has 1 aromatic heterocycles. The maximum Gasteiger partial charge on any atom is 0.259 e. The first-order chi connectivity index (χ1) is 8.48. The molecule has 1 aliphatic carbocycles. The third-order valence-corrected chi connectivity index (χ3v) is 4.66. The van der Waals surface area contributed by atoms with Crippen LogP contribution in [0.2, 0.25) is 0 Å². The molecule has 2 aliphatic rings. The number of aromatic nitrogens is 1. The van der Waals surface area contributed by atoms with E-state index in [1.165, 1.54) is 0 Å². The zero-order valence-electron chi connectivity index (χ0n) is 10.7. The van der Waals surface area contributed by atoms with Gasteiger partial charge in [-0.05, 0) is 18.6 Å². The van der Waals surface area contributed by atoms with E-state index in [0.29, 0.717) is 6.61 Å². The molecule has 98 valence electrons. The summed E-state index contributed by atoms with van der Waals surface area (Å²) in [7, 11) is 0. The molecule has 0 aromatic carbocycles. The molecular formula is C13H19N3O2. The fraction of sp³-hybridized carbons (Fsp3) is 0.615. The molecule has 2 fully saturated rings. The van der Waals surface area contributed by atoms with Gasteiger partial charge in [-0.3, -0.25) is 14.9 Å². The van der Waals surface area contributed by atoms with Crippen LogP contribution in [-0.2, 0) is 9.53 Å². The highest BCUT2D eigenvalue weighted by Crippen LogP contribution is 2.58. The van der Waals surface area contributed by atoms with E-state index < -0.39 is 5.54 Å². The van der Waals surface area contributed by atoms with Gasteiger partial charge < -0.3 is 10.5 Å². The van der Waals surface area contributed by atoms with Crippen LogP contribution in [0.4, 0.5) is 0 Å². The lowest BCUT2D eigenvalue weighted by atomic mass is 9.48. The minimum absolute atomic E-state index is 0.109. The van der Waals surface area contributed by atoms with Crippen LogP contribution in [0.25, 0.3) is 0 Å². The first kappa shape index (κ1) is 11.7. The predicted octanol–water partition coefficient (Wildman–Crippen LogP) is 0.701. The van der Waals surface area contributed by atoms with E-state index in [4.69, 9.17) is 10.5 Å². The average Bonchev–Trinajstić information content (AvgIpc) is 2.97. The van der Waals surface area contributed by atoms with Gasteiger partial charge in [0.25, 0.3) is 5.91 Å². The van der Waals surface area contributed by atoms with Gasteiger partial charge >= 0.3 is 0 Å². The van der Waals surface area contributed by atoms with Gasteiger partial charge in [0.15, 0.2) is 0 Å². The molecule has 3 rings (SSSR count). The summed E-state index contributed by atoms with van der Waals surface area (Å²) in [6.45, 7) is 4.72. The van der Waals surface area contributed by atoms with Crippen molar-refractivity contribution in [3.05, 3.63) is 24.5 Å². The summed E-state index contributed by atoms with van der Waals surface area (Å²) in [6.07, 6.45) is 4.55. The molecule has 0 spiro atoms. The molecule has 1 aromatic rings. The average molecular weight is 249 g/mol. The van der Waals surface area contributed by atoms with E-state index in [0.717, 1.165) is 6.42 Å². The molecule has 3 atom stereocenters. The van der Waals surface area contributed by atoms with Crippen LogP contribution in [0.15, 0.2) is 24.5 Å². The fourth-order valence-corrected chi connectivity index (χ4v) is 3.46. The predicted molar refractivity (Wildman–Crippen MR) is 67.3 cm³/mol. The lowest BCUT2D eigenvalue weighted by Gasteiger charge is -2.60. The van der Waals surface area contributed by atoms with Crippen molar-refractivity contribution in [3.63, 3.8) is 0 Å². The fourth-order valence-electron chi connectivity index (χ4n) is 3.46. The molecule has 1 amide bonds. The number of ether oxygens (including phenoxy) is 1. The summed E-state index contributed by atoms with van der Waals surface area (Å²) in [6, 6.07) is 3.72. The SMILES string of the molecule is CC1(C)C2OCCC2C1(N)C(=O)Nn1cccc1. The van der Waals surface area contributed by atoms with Gasteiger partial charge in [0.1, 0.15) is 5.54 Å². The van der Waals surface area contributed by atoms with E-state index in [2.05, 4.69) is 5.43 Å². The van der Waals surface area contributed by atoms with E-state index >= 15 is 0 Å². The Morgan fingerprint density at radius 1 is 1.44 bits per heavy atom. The number of hydrogen-bond acceptors (Lipinski definition) is 3. The van der Waals surface area contributed by atoms with Crippen LogP contribution in [-0.4, -0.2) is 28.8 Å².